The Morgan fingerprint density at radius 2 is 2.04 bits per heavy atom. The number of thiazole rings is 1. The van der Waals surface area contributed by atoms with Crippen molar-refractivity contribution in [1.82, 2.24) is 10.3 Å². The first-order valence-electron chi connectivity index (χ1n) is 8.59. The van der Waals surface area contributed by atoms with Crippen LogP contribution in [0.1, 0.15) is 36.7 Å². The molecule has 2 heterocycles. The Hall–Kier alpha value is -2.18. The average Bonchev–Trinajstić information content (AvgIpc) is 3.27. The molecule has 1 amide bonds. The van der Waals surface area contributed by atoms with Gasteiger partial charge in [-0.05, 0) is 37.1 Å². The smallest absolute Gasteiger partial charge is 0.287 e. The second-order valence-electron chi connectivity index (χ2n) is 5.73. The number of unbranched alkanes of at least 4 members (excludes halogenated alkanes) is 1. The number of benzene rings is 1. The lowest BCUT2D eigenvalue weighted by Crippen LogP contribution is -2.24. The number of rotatable bonds is 9. The molecule has 0 radical (unpaired) electrons. The van der Waals surface area contributed by atoms with E-state index in [0.717, 1.165) is 41.1 Å². The summed E-state index contributed by atoms with van der Waals surface area (Å²) in [4.78, 5) is 16.7. The largest absolute Gasteiger partial charge is 0.448 e. The van der Waals surface area contributed by atoms with Gasteiger partial charge in [0.1, 0.15) is 0 Å². The Labute approximate surface area is 151 Å². The minimum Gasteiger partial charge on any atom is -0.448 e. The first kappa shape index (κ1) is 17.6. The normalized spacial score (nSPS) is 11.1. The van der Waals surface area contributed by atoms with E-state index in [-0.39, 0.29) is 5.91 Å². The monoisotopic (exact) mass is 358 g/mol. The van der Waals surface area contributed by atoms with Crippen molar-refractivity contribution in [2.45, 2.75) is 26.2 Å². The molecule has 2 aromatic heterocycles. The Bertz CT molecular complexity index is 792. The zero-order chi connectivity index (χ0) is 17.5. The summed E-state index contributed by atoms with van der Waals surface area (Å²) in [5.41, 5.74) is 0.938. The Kier molecular flexibility index (Phi) is 6.19. The Balaban J connectivity index is 1.51. The van der Waals surface area contributed by atoms with Crippen LogP contribution in [0.3, 0.4) is 0 Å². The highest BCUT2D eigenvalue weighted by Crippen LogP contribution is 2.31. The van der Waals surface area contributed by atoms with Gasteiger partial charge < -0.3 is 14.5 Å². The maximum absolute atomic E-state index is 12.1. The number of ether oxygens (including phenoxy) is 1. The molecule has 25 heavy (non-hydrogen) atoms. The van der Waals surface area contributed by atoms with Gasteiger partial charge in [-0.1, -0.05) is 25.5 Å². The maximum Gasteiger partial charge on any atom is 0.287 e. The van der Waals surface area contributed by atoms with Crippen LogP contribution in [0.2, 0.25) is 0 Å². The molecule has 0 saturated carbocycles. The van der Waals surface area contributed by atoms with Crippen molar-refractivity contribution >= 4 is 27.5 Å². The highest BCUT2D eigenvalue weighted by molar-refractivity contribution is 7.21. The summed E-state index contributed by atoms with van der Waals surface area (Å²) in [6.45, 7) is 4.15. The molecule has 5 nitrogen and oxygen atoms in total. The zero-order valence-electron chi connectivity index (χ0n) is 14.3. The molecule has 6 heteroatoms. The molecule has 0 spiro atoms. The van der Waals surface area contributed by atoms with Crippen LogP contribution in [0.25, 0.3) is 21.0 Å². The second kappa shape index (κ2) is 8.78. The van der Waals surface area contributed by atoms with E-state index in [1.165, 1.54) is 0 Å². The number of amides is 1. The highest BCUT2D eigenvalue weighted by Gasteiger charge is 2.14. The minimum absolute atomic E-state index is 0.207. The van der Waals surface area contributed by atoms with Crippen LogP contribution >= 0.6 is 11.3 Å². The Morgan fingerprint density at radius 1 is 1.20 bits per heavy atom. The lowest BCUT2D eigenvalue weighted by atomic mass is 10.3. The molecule has 0 unspecified atom stereocenters. The molecule has 0 atom stereocenters. The van der Waals surface area contributed by atoms with E-state index in [0.29, 0.717) is 24.7 Å². The number of fused-ring (bicyclic) bond motifs is 1. The highest BCUT2D eigenvalue weighted by atomic mass is 32.1. The molecule has 1 aromatic carbocycles. The first-order chi connectivity index (χ1) is 12.3. The summed E-state index contributed by atoms with van der Waals surface area (Å²) in [5, 5.41) is 3.63. The molecule has 132 valence electrons. The van der Waals surface area contributed by atoms with Crippen LogP contribution in [0, 0.1) is 0 Å². The van der Waals surface area contributed by atoms with Gasteiger partial charge in [-0.15, -0.1) is 11.3 Å². The molecule has 0 aliphatic rings. The molecule has 0 saturated heterocycles. The molecule has 3 rings (SSSR count). The van der Waals surface area contributed by atoms with E-state index < -0.39 is 0 Å². The van der Waals surface area contributed by atoms with Crippen molar-refractivity contribution in [1.29, 1.82) is 0 Å². The number of hydrogen-bond acceptors (Lipinski definition) is 5. The second-order valence-corrected chi connectivity index (χ2v) is 6.76. The van der Waals surface area contributed by atoms with Gasteiger partial charge in [-0.2, -0.15) is 0 Å². The number of hydrogen-bond donors (Lipinski definition) is 1. The van der Waals surface area contributed by atoms with Crippen LogP contribution < -0.4 is 5.32 Å². The molecule has 1 N–H and O–H groups in total. The molecule has 0 fully saturated rings. The van der Waals surface area contributed by atoms with Crippen LogP contribution in [0.15, 0.2) is 40.8 Å². The summed E-state index contributed by atoms with van der Waals surface area (Å²) in [6, 6.07) is 11.4. The molecule has 0 bridgehead atoms. The summed E-state index contributed by atoms with van der Waals surface area (Å²) in [6.07, 6.45) is 3.00. The van der Waals surface area contributed by atoms with Crippen LogP contribution in [-0.4, -0.2) is 30.6 Å². The third kappa shape index (κ3) is 4.67. The van der Waals surface area contributed by atoms with Crippen molar-refractivity contribution in [2.75, 3.05) is 19.8 Å². The van der Waals surface area contributed by atoms with E-state index in [1.54, 1.807) is 23.5 Å². The predicted octanol–water partition coefficient (Wildman–Crippen LogP) is 4.49. The minimum atomic E-state index is -0.207. The molecular weight excluding hydrogens is 336 g/mol. The third-order valence-corrected chi connectivity index (χ3v) is 4.78. The van der Waals surface area contributed by atoms with Crippen molar-refractivity contribution in [3.8, 4) is 10.8 Å². The van der Waals surface area contributed by atoms with Gasteiger partial charge in [0.15, 0.2) is 16.5 Å². The topological polar surface area (TPSA) is 64.4 Å². The fraction of sp³-hybridized carbons (Fsp3) is 0.368. The van der Waals surface area contributed by atoms with Crippen LogP contribution in [0.5, 0.6) is 0 Å². The van der Waals surface area contributed by atoms with E-state index in [9.17, 15) is 4.79 Å². The molecular formula is C19H22N2O3S. The zero-order valence-corrected chi connectivity index (χ0v) is 15.1. The number of furan rings is 1. The predicted molar refractivity (Wildman–Crippen MR) is 100.0 cm³/mol. The lowest BCUT2D eigenvalue weighted by molar-refractivity contribution is 0.0914. The van der Waals surface area contributed by atoms with E-state index in [4.69, 9.17) is 9.15 Å². The van der Waals surface area contributed by atoms with Crippen LogP contribution in [0.4, 0.5) is 0 Å². The SMILES string of the molecule is CCCCOCCCNC(=O)c1ccc(-c2nc3ccccc3s2)o1. The first-order valence-corrected chi connectivity index (χ1v) is 9.41. The average molecular weight is 358 g/mol. The lowest BCUT2D eigenvalue weighted by Gasteiger charge is -2.04. The number of aromatic nitrogens is 1. The van der Waals surface area contributed by atoms with Gasteiger partial charge in [0, 0.05) is 19.8 Å². The summed E-state index contributed by atoms with van der Waals surface area (Å²) in [7, 11) is 0. The third-order valence-electron chi connectivity index (χ3n) is 3.73. The fourth-order valence-electron chi connectivity index (χ4n) is 2.36. The summed E-state index contributed by atoms with van der Waals surface area (Å²) >= 11 is 1.55. The quantitative estimate of drug-likeness (QED) is 0.572. The van der Waals surface area contributed by atoms with Crippen molar-refractivity contribution in [2.24, 2.45) is 0 Å². The summed E-state index contributed by atoms with van der Waals surface area (Å²) < 4.78 is 12.2. The van der Waals surface area contributed by atoms with E-state index in [1.807, 2.05) is 24.3 Å². The van der Waals surface area contributed by atoms with Gasteiger partial charge in [0.2, 0.25) is 0 Å². The summed E-state index contributed by atoms with van der Waals surface area (Å²) in [5.74, 6) is 0.719. The number of nitrogens with zero attached hydrogens (tertiary/aromatic N) is 1. The van der Waals surface area contributed by atoms with E-state index in [2.05, 4.69) is 17.2 Å². The van der Waals surface area contributed by atoms with Crippen molar-refractivity contribution in [3.05, 3.63) is 42.2 Å². The number of nitrogens with one attached hydrogen (secondary N) is 1. The standard InChI is InChI=1S/C19H22N2O3S/c1-2-3-12-23-13-6-11-20-18(22)15-9-10-16(24-15)19-21-14-7-4-5-8-17(14)25-19/h4-5,7-10H,2-3,6,11-13H2,1H3,(H,20,22). The van der Waals surface area contributed by atoms with Crippen LogP contribution in [-0.2, 0) is 4.74 Å². The molecule has 3 aromatic rings. The fourth-order valence-corrected chi connectivity index (χ4v) is 3.29. The molecule has 0 aliphatic heterocycles. The van der Waals surface area contributed by atoms with Gasteiger partial charge in [0.25, 0.3) is 5.91 Å². The van der Waals surface area contributed by atoms with Gasteiger partial charge in [0.05, 0.1) is 10.2 Å². The number of para-hydroxylation sites is 1. The maximum atomic E-state index is 12.1. The Morgan fingerprint density at radius 3 is 2.88 bits per heavy atom. The number of carbonyl (C=O) groups is 1. The van der Waals surface area contributed by atoms with Gasteiger partial charge in [-0.25, -0.2) is 4.98 Å². The van der Waals surface area contributed by atoms with Gasteiger partial charge in [-0.3, -0.25) is 4.79 Å². The van der Waals surface area contributed by atoms with E-state index >= 15 is 0 Å². The van der Waals surface area contributed by atoms with Crippen molar-refractivity contribution < 1.29 is 13.9 Å². The number of carbonyl (C=O) groups excluding carboxylic acids is 1. The van der Waals surface area contributed by atoms with Gasteiger partial charge >= 0.3 is 0 Å². The molecule has 0 aliphatic carbocycles. The van der Waals surface area contributed by atoms with Crippen molar-refractivity contribution in [3.63, 3.8) is 0 Å².